The summed E-state index contributed by atoms with van der Waals surface area (Å²) in [5.74, 6) is 1.08. The van der Waals surface area contributed by atoms with E-state index in [0.717, 1.165) is 18.6 Å². The Kier molecular flexibility index (Phi) is 4.66. The normalized spacial score (nSPS) is 10.4. The number of hydrogen-bond donors (Lipinski definition) is 0. The number of rotatable bonds is 7. The zero-order chi connectivity index (χ0) is 13.5. The highest BCUT2D eigenvalue weighted by atomic mass is 16.5. The topological polar surface area (TPSA) is 65.2 Å². The second-order valence-electron chi connectivity index (χ2n) is 4.14. The molecule has 1 aromatic carbocycles. The van der Waals surface area contributed by atoms with Crippen molar-refractivity contribution < 1.29 is 14.1 Å². The number of Topliss-reactive ketones (excluding diaryl/α,β-unsaturated/α-hetero) is 1. The Morgan fingerprint density at radius 3 is 2.84 bits per heavy atom. The van der Waals surface area contributed by atoms with Crippen molar-refractivity contribution in [3.05, 3.63) is 42.0 Å². The van der Waals surface area contributed by atoms with Crippen LogP contribution in [-0.4, -0.2) is 15.9 Å². The highest BCUT2D eigenvalue weighted by molar-refractivity contribution is 5.92. The minimum Gasteiger partial charge on any atom is -0.484 e. The fraction of sp³-hybridized carbons (Fsp3) is 0.357. The molecule has 0 saturated carbocycles. The standard InChI is InChI=1S/C14H16N2O3/c1-2-3-9-12(17)14-15-13(19-16-14)10-18-11-7-5-4-6-8-11/h4-8H,2-3,9-10H2,1H3. The Bertz CT molecular complexity index is 522. The maximum Gasteiger partial charge on any atom is 0.264 e. The van der Waals surface area contributed by atoms with Crippen molar-refractivity contribution in [1.29, 1.82) is 0 Å². The molecule has 0 saturated heterocycles. The summed E-state index contributed by atoms with van der Waals surface area (Å²) < 4.78 is 10.4. The van der Waals surface area contributed by atoms with Crippen LogP contribution in [-0.2, 0) is 6.61 Å². The largest absolute Gasteiger partial charge is 0.484 e. The number of para-hydroxylation sites is 1. The van der Waals surface area contributed by atoms with Crippen LogP contribution in [0.15, 0.2) is 34.9 Å². The Morgan fingerprint density at radius 2 is 2.11 bits per heavy atom. The van der Waals surface area contributed by atoms with Crippen molar-refractivity contribution in [2.75, 3.05) is 0 Å². The Hall–Kier alpha value is -2.17. The van der Waals surface area contributed by atoms with Gasteiger partial charge in [-0.05, 0) is 18.6 Å². The minimum absolute atomic E-state index is 0.0865. The first-order chi connectivity index (χ1) is 9.29. The molecule has 2 aromatic rings. The molecule has 0 amide bonds. The molecule has 0 aliphatic heterocycles. The molecule has 0 unspecified atom stereocenters. The molecule has 0 atom stereocenters. The summed E-state index contributed by atoms with van der Waals surface area (Å²) in [6, 6.07) is 9.34. The fourth-order valence-corrected chi connectivity index (χ4v) is 1.54. The second-order valence-corrected chi connectivity index (χ2v) is 4.14. The van der Waals surface area contributed by atoms with Crippen LogP contribution >= 0.6 is 0 Å². The Labute approximate surface area is 111 Å². The molecule has 0 radical (unpaired) electrons. The summed E-state index contributed by atoms with van der Waals surface area (Å²) in [6.07, 6.45) is 2.26. The number of carbonyl (C=O) groups is 1. The Balaban J connectivity index is 1.89. The summed E-state index contributed by atoms with van der Waals surface area (Å²) >= 11 is 0. The van der Waals surface area contributed by atoms with E-state index in [1.165, 1.54) is 0 Å². The summed E-state index contributed by atoms with van der Waals surface area (Å²) in [5.41, 5.74) is 0. The number of carbonyl (C=O) groups excluding carboxylic acids is 1. The van der Waals surface area contributed by atoms with Crippen molar-refractivity contribution in [1.82, 2.24) is 10.1 Å². The number of benzene rings is 1. The van der Waals surface area contributed by atoms with Gasteiger partial charge in [-0.15, -0.1) is 0 Å². The van der Waals surface area contributed by atoms with Gasteiger partial charge in [-0.1, -0.05) is 36.7 Å². The molecule has 0 aliphatic carbocycles. The predicted molar refractivity (Wildman–Crippen MR) is 68.9 cm³/mol. The van der Waals surface area contributed by atoms with Gasteiger partial charge in [0.25, 0.3) is 5.89 Å². The van der Waals surface area contributed by atoms with Gasteiger partial charge in [-0.25, -0.2) is 0 Å². The minimum atomic E-state index is -0.0865. The molecular formula is C14H16N2O3. The smallest absolute Gasteiger partial charge is 0.264 e. The van der Waals surface area contributed by atoms with E-state index in [1.54, 1.807) is 0 Å². The highest BCUT2D eigenvalue weighted by Gasteiger charge is 2.14. The summed E-state index contributed by atoms with van der Waals surface area (Å²) in [4.78, 5) is 15.7. The summed E-state index contributed by atoms with van der Waals surface area (Å²) in [5, 5.41) is 3.67. The van der Waals surface area contributed by atoms with E-state index >= 15 is 0 Å². The zero-order valence-corrected chi connectivity index (χ0v) is 10.8. The van der Waals surface area contributed by atoms with Gasteiger partial charge in [-0.2, -0.15) is 4.98 Å². The Morgan fingerprint density at radius 1 is 1.32 bits per heavy atom. The van der Waals surface area contributed by atoms with Crippen LogP contribution in [0.5, 0.6) is 5.75 Å². The first-order valence-corrected chi connectivity index (χ1v) is 6.33. The average Bonchev–Trinajstić information content (AvgIpc) is 2.92. The SMILES string of the molecule is CCCCC(=O)c1noc(COc2ccccc2)n1. The van der Waals surface area contributed by atoms with Crippen molar-refractivity contribution in [2.45, 2.75) is 32.8 Å². The summed E-state index contributed by atoms with van der Waals surface area (Å²) in [7, 11) is 0. The molecule has 0 spiro atoms. The second kappa shape index (κ2) is 6.68. The number of nitrogens with zero attached hydrogens (tertiary/aromatic N) is 2. The molecule has 5 nitrogen and oxygen atoms in total. The van der Waals surface area contributed by atoms with Crippen LogP contribution in [0.2, 0.25) is 0 Å². The van der Waals surface area contributed by atoms with Crippen LogP contribution < -0.4 is 4.74 Å². The number of hydrogen-bond acceptors (Lipinski definition) is 5. The lowest BCUT2D eigenvalue weighted by Crippen LogP contribution is -2.02. The molecule has 1 heterocycles. The average molecular weight is 260 g/mol. The van der Waals surface area contributed by atoms with Crippen LogP contribution in [0, 0.1) is 0 Å². The van der Waals surface area contributed by atoms with Crippen LogP contribution in [0.25, 0.3) is 0 Å². The third-order valence-corrected chi connectivity index (χ3v) is 2.58. The molecule has 0 aliphatic rings. The number of ether oxygens (including phenoxy) is 1. The van der Waals surface area contributed by atoms with Crippen LogP contribution in [0.3, 0.4) is 0 Å². The number of aromatic nitrogens is 2. The van der Waals surface area contributed by atoms with Gasteiger partial charge >= 0.3 is 0 Å². The quantitative estimate of drug-likeness (QED) is 0.716. The van der Waals surface area contributed by atoms with Gasteiger partial charge in [0, 0.05) is 6.42 Å². The van der Waals surface area contributed by atoms with Crippen molar-refractivity contribution in [3.63, 3.8) is 0 Å². The zero-order valence-electron chi connectivity index (χ0n) is 10.8. The van der Waals surface area contributed by atoms with Gasteiger partial charge in [0.05, 0.1) is 0 Å². The third kappa shape index (κ3) is 3.91. The lowest BCUT2D eigenvalue weighted by Gasteiger charge is -2.00. The lowest BCUT2D eigenvalue weighted by molar-refractivity contribution is 0.0966. The fourth-order valence-electron chi connectivity index (χ4n) is 1.54. The maximum absolute atomic E-state index is 11.7. The van der Waals surface area contributed by atoms with E-state index in [9.17, 15) is 4.79 Å². The molecule has 0 N–H and O–H groups in total. The van der Waals surface area contributed by atoms with E-state index in [1.807, 2.05) is 37.3 Å². The van der Waals surface area contributed by atoms with Crippen molar-refractivity contribution >= 4 is 5.78 Å². The van der Waals surface area contributed by atoms with Gasteiger partial charge in [0.15, 0.2) is 6.61 Å². The molecule has 19 heavy (non-hydrogen) atoms. The van der Waals surface area contributed by atoms with Gasteiger partial charge in [-0.3, -0.25) is 4.79 Å². The van der Waals surface area contributed by atoms with Gasteiger partial charge < -0.3 is 9.26 Å². The molecule has 0 bridgehead atoms. The monoisotopic (exact) mass is 260 g/mol. The van der Waals surface area contributed by atoms with E-state index in [-0.39, 0.29) is 18.2 Å². The van der Waals surface area contributed by atoms with E-state index in [0.29, 0.717) is 12.3 Å². The third-order valence-electron chi connectivity index (χ3n) is 2.58. The molecular weight excluding hydrogens is 244 g/mol. The summed E-state index contributed by atoms with van der Waals surface area (Å²) in [6.45, 7) is 2.20. The van der Waals surface area contributed by atoms with Crippen LogP contribution in [0.4, 0.5) is 0 Å². The van der Waals surface area contributed by atoms with Gasteiger partial charge in [0.2, 0.25) is 11.6 Å². The number of unbranched alkanes of at least 4 members (excludes halogenated alkanes) is 1. The molecule has 0 fully saturated rings. The first-order valence-electron chi connectivity index (χ1n) is 6.33. The van der Waals surface area contributed by atoms with Crippen LogP contribution in [0.1, 0.15) is 42.7 Å². The van der Waals surface area contributed by atoms with Crippen molar-refractivity contribution in [2.24, 2.45) is 0 Å². The first kappa shape index (κ1) is 13.3. The lowest BCUT2D eigenvalue weighted by atomic mass is 10.2. The van der Waals surface area contributed by atoms with E-state index in [4.69, 9.17) is 9.26 Å². The highest BCUT2D eigenvalue weighted by Crippen LogP contribution is 2.11. The van der Waals surface area contributed by atoms with E-state index in [2.05, 4.69) is 10.1 Å². The van der Waals surface area contributed by atoms with Gasteiger partial charge in [0.1, 0.15) is 5.75 Å². The van der Waals surface area contributed by atoms with Crippen molar-refractivity contribution in [3.8, 4) is 5.75 Å². The predicted octanol–water partition coefficient (Wildman–Crippen LogP) is 3.02. The molecule has 5 heteroatoms. The molecule has 100 valence electrons. The maximum atomic E-state index is 11.7. The molecule has 2 rings (SSSR count). The molecule has 1 aromatic heterocycles. The van der Waals surface area contributed by atoms with E-state index < -0.39 is 0 Å². The number of ketones is 1.